The van der Waals surface area contributed by atoms with Gasteiger partial charge in [-0.1, -0.05) is 42.5 Å². The van der Waals surface area contributed by atoms with Crippen LogP contribution in [0.3, 0.4) is 0 Å². The maximum atomic E-state index is 13.0. The van der Waals surface area contributed by atoms with E-state index in [0.717, 1.165) is 21.6 Å². The first-order chi connectivity index (χ1) is 12.5. The molecule has 6 nitrogen and oxygen atoms in total. The van der Waals surface area contributed by atoms with Crippen molar-refractivity contribution in [1.29, 1.82) is 0 Å². The van der Waals surface area contributed by atoms with Crippen LogP contribution in [0.25, 0.3) is 0 Å². The van der Waals surface area contributed by atoms with Crippen LogP contribution in [-0.4, -0.2) is 29.4 Å². The number of amides is 3. The zero-order valence-corrected chi connectivity index (χ0v) is 14.3. The van der Waals surface area contributed by atoms with E-state index in [1.54, 1.807) is 12.1 Å². The lowest BCUT2D eigenvalue weighted by molar-refractivity contribution is -0.141. The average Bonchev–Trinajstić information content (AvgIpc) is 3.11. The van der Waals surface area contributed by atoms with Crippen molar-refractivity contribution in [1.82, 2.24) is 10.2 Å². The van der Waals surface area contributed by atoms with Crippen molar-refractivity contribution in [2.75, 3.05) is 6.54 Å². The van der Waals surface area contributed by atoms with Crippen LogP contribution < -0.4 is 10.1 Å². The second-order valence-corrected chi connectivity index (χ2v) is 6.62. The SMILES string of the molecule is Cc1ccccc1OC(=O)CN1C(=O)NC2(CCc3ccccc32)C1=O. The molecule has 1 spiro atoms. The number of aryl methyl sites for hydroxylation is 2. The van der Waals surface area contributed by atoms with Crippen LogP contribution in [0, 0.1) is 6.92 Å². The number of urea groups is 1. The summed E-state index contributed by atoms with van der Waals surface area (Å²) in [5.74, 6) is -0.620. The normalized spacial score (nSPS) is 21.0. The van der Waals surface area contributed by atoms with E-state index in [9.17, 15) is 14.4 Å². The number of fused-ring (bicyclic) bond motifs is 2. The summed E-state index contributed by atoms with van der Waals surface area (Å²) in [4.78, 5) is 38.6. The number of para-hydroxylation sites is 1. The number of carbonyl (C=O) groups is 3. The van der Waals surface area contributed by atoms with Crippen molar-refractivity contribution >= 4 is 17.9 Å². The first-order valence-corrected chi connectivity index (χ1v) is 8.50. The topological polar surface area (TPSA) is 75.7 Å². The van der Waals surface area contributed by atoms with Gasteiger partial charge in [0.05, 0.1) is 0 Å². The lowest BCUT2D eigenvalue weighted by Gasteiger charge is -2.22. The largest absolute Gasteiger partial charge is 0.425 e. The Hall–Kier alpha value is -3.15. The molecule has 2 aliphatic rings. The Labute approximate surface area is 150 Å². The van der Waals surface area contributed by atoms with Gasteiger partial charge in [0.25, 0.3) is 5.91 Å². The number of benzene rings is 2. The zero-order chi connectivity index (χ0) is 18.3. The highest BCUT2D eigenvalue weighted by atomic mass is 16.5. The smallest absolute Gasteiger partial charge is 0.331 e. The molecule has 3 amide bonds. The predicted octanol–water partition coefficient (Wildman–Crippen LogP) is 2.29. The quantitative estimate of drug-likeness (QED) is 0.524. The van der Waals surface area contributed by atoms with Crippen molar-refractivity contribution < 1.29 is 19.1 Å². The molecule has 1 aliphatic heterocycles. The minimum atomic E-state index is -1.06. The number of nitrogens with zero attached hydrogens (tertiary/aromatic N) is 1. The maximum Gasteiger partial charge on any atom is 0.331 e. The number of esters is 1. The van der Waals surface area contributed by atoms with Crippen molar-refractivity contribution in [3.63, 3.8) is 0 Å². The highest BCUT2D eigenvalue weighted by Crippen LogP contribution is 2.41. The van der Waals surface area contributed by atoms with Crippen LogP contribution in [0.4, 0.5) is 4.79 Å². The molecule has 1 saturated heterocycles. The highest BCUT2D eigenvalue weighted by molar-refractivity contribution is 6.09. The van der Waals surface area contributed by atoms with E-state index in [4.69, 9.17) is 4.74 Å². The third kappa shape index (κ3) is 2.45. The van der Waals surface area contributed by atoms with Crippen LogP contribution in [0.5, 0.6) is 5.75 Å². The second-order valence-electron chi connectivity index (χ2n) is 6.62. The lowest BCUT2D eigenvalue weighted by Crippen LogP contribution is -2.42. The molecule has 0 aromatic heterocycles. The van der Waals surface area contributed by atoms with E-state index in [1.165, 1.54) is 0 Å². The third-order valence-corrected chi connectivity index (χ3v) is 5.03. The molecule has 2 aromatic carbocycles. The monoisotopic (exact) mass is 350 g/mol. The van der Waals surface area contributed by atoms with Gasteiger partial charge < -0.3 is 10.1 Å². The van der Waals surface area contributed by atoms with Gasteiger partial charge in [-0.3, -0.25) is 9.69 Å². The van der Waals surface area contributed by atoms with Gasteiger partial charge in [-0.15, -0.1) is 0 Å². The van der Waals surface area contributed by atoms with Gasteiger partial charge in [0, 0.05) is 0 Å². The highest BCUT2D eigenvalue weighted by Gasteiger charge is 2.55. The standard InChI is InChI=1S/C20H18N2O4/c1-13-6-2-5-9-16(13)26-17(23)12-22-18(24)20(21-19(22)25)11-10-14-7-3-4-8-15(14)20/h2-9H,10-12H2,1H3,(H,21,25). The molecule has 1 aliphatic carbocycles. The minimum absolute atomic E-state index is 0.394. The van der Waals surface area contributed by atoms with Gasteiger partial charge in [-0.2, -0.15) is 0 Å². The molecule has 0 saturated carbocycles. The first kappa shape index (κ1) is 16.3. The number of hydrogen-bond donors (Lipinski definition) is 1. The Balaban J connectivity index is 1.54. The van der Waals surface area contributed by atoms with Crippen LogP contribution in [0.2, 0.25) is 0 Å². The molecule has 26 heavy (non-hydrogen) atoms. The summed E-state index contributed by atoms with van der Waals surface area (Å²) in [5.41, 5.74) is 1.61. The van der Waals surface area contributed by atoms with Crippen molar-refractivity contribution in [3.8, 4) is 5.75 Å². The fraction of sp³-hybridized carbons (Fsp3) is 0.250. The Bertz CT molecular complexity index is 924. The van der Waals surface area contributed by atoms with Gasteiger partial charge in [0.15, 0.2) is 0 Å². The molecule has 4 rings (SSSR count). The van der Waals surface area contributed by atoms with E-state index in [-0.39, 0.29) is 0 Å². The summed E-state index contributed by atoms with van der Waals surface area (Å²) in [6.45, 7) is 1.41. The summed E-state index contributed by atoms with van der Waals surface area (Å²) in [5, 5.41) is 2.80. The van der Waals surface area contributed by atoms with Crippen molar-refractivity contribution in [2.24, 2.45) is 0 Å². The molecular formula is C20H18N2O4. The van der Waals surface area contributed by atoms with Gasteiger partial charge in [-0.05, 0) is 42.5 Å². The molecule has 1 heterocycles. The maximum absolute atomic E-state index is 13.0. The number of rotatable bonds is 3. The van der Waals surface area contributed by atoms with Gasteiger partial charge in [0.1, 0.15) is 17.8 Å². The zero-order valence-electron chi connectivity index (χ0n) is 14.3. The average molecular weight is 350 g/mol. The molecule has 2 aromatic rings. The second kappa shape index (κ2) is 5.98. The van der Waals surface area contributed by atoms with Crippen LogP contribution in [0.1, 0.15) is 23.1 Å². The lowest BCUT2D eigenvalue weighted by atomic mass is 9.92. The molecular weight excluding hydrogens is 332 g/mol. The van der Waals surface area contributed by atoms with E-state index >= 15 is 0 Å². The number of imide groups is 1. The molecule has 6 heteroatoms. The van der Waals surface area contributed by atoms with Crippen LogP contribution >= 0.6 is 0 Å². The van der Waals surface area contributed by atoms with Gasteiger partial charge in [0.2, 0.25) is 0 Å². The third-order valence-electron chi connectivity index (χ3n) is 5.03. The summed E-state index contributed by atoms with van der Waals surface area (Å²) < 4.78 is 5.31. The van der Waals surface area contributed by atoms with E-state index in [2.05, 4.69) is 5.32 Å². The minimum Gasteiger partial charge on any atom is -0.425 e. The van der Waals surface area contributed by atoms with Crippen molar-refractivity contribution in [3.05, 3.63) is 65.2 Å². The van der Waals surface area contributed by atoms with Crippen LogP contribution in [0.15, 0.2) is 48.5 Å². The first-order valence-electron chi connectivity index (χ1n) is 8.50. The Kier molecular flexibility index (Phi) is 3.76. The summed E-state index contributed by atoms with van der Waals surface area (Å²) in [7, 11) is 0. The fourth-order valence-corrected chi connectivity index (χ4v) is 3.69. The summed E-state index contributed by atoms with van der Waals surface area (Å²) >= 11 is 0. The van der Waals surface area contributed by atoms with Gasteiger partial charge in [-0.25, -0.2) is 9.59 Å². The molecule has 0 bridgehead atoms. The molecule has 1 atom stereocenters. The Morgan fingerprint density at radius 2 is 1.88 bits per heavy atom. The van der Waals surface area contributed by atoms with Crippen molar-refractivity contribution in [2.45, 2.75) is 25.3 Å². The van der Waals surface area contributed by atoms with E-state index < -0.39 is 30.0 Å². The molecule has 1 N–H and O–H groups in total. The van der Waals surface area contributed by atoms with E-state index in [0.29, 0.717) is 18.6 Å². The summed E-state index contributed by atoms with van der Waals surface area (Å²) in [6, 6.07) is 14.1. The fourth-order valence-electron chi connectivity index (χ4n) is 3.69. The van der Waals surface area contributed by atoms with E-state index in [1.807, 2.05) is 43.3 Å². The van der Waals surface area contributed by atoms with Crippen LogP contribution in [-0.2, 0) is 21.5 Å². The van der Waals surface area contributed by atoms with Gasteiger partial charge >= 0.3 is 12.0 Å². The molecule has 132 valence electrons. The molecule has 0 radical (unpaired) electrons. The Morgan fingerprint density at radius 3 is 2.69 bits per heavy atom. The predicted molar refractivity (Wildman–Crippen MR) is 93.5 cm³/mol. The number of ether oxygens (including phenoxy) is 1. The molecule has 1 fully saturated rings. The summed E-state index contributed by atoms with van der Waals surface area (Å²) in [6.07, 6.45) is 1.21. The number of hydrogen-bond acceptors (Lipinski definition) is 4. The molecule has 1 unspecified atom stereocenters. The number of nitrogens with one attached hydrogen (secondary N) is 1. The number of carbonyl (C=O) groups excluding carboxylic acids is 3. The Morgan fingerprint density at radius 1 is 1.15 bits per heavy atom.